The summed E-state index contributed by atoms with van der Waals surface area (Å²) in [6.45, 7) is 7.37. The van der Waals surface area contributed by atoms with Crippen LogP contribution >= 0.6 is 28.1 Å². The lowest BCUT2D eigenvalue weighted by Gasteiger charge is -2.06. The van der Waals surface area contributed by atoms with E-state index in [2.05, 4.69) is 27.5 Å². The number of hydrogen-bond donors (Lipinski definition) is 1. The fourth-order valence-corrected chi connectivity index (χ4v) is 2.41. The number of aromatic nitrogens is 2. The van der Waals surface area contributed by atoms with Gasteiger partial charge in [-0.25, -0.2) is 4.39 Å². The predicted molar refractivity (Wildman–Crippen MR) is 80.4 cm³/mol. The van der Waals surface area contributed by atoms with Crippen LogP contribution in [0.25, 0.3) is 11.0 Å². The van der Waals surface area contributed by atoms with Crippen molar-refractivity contribution in [1.29, 1.82) is 0 Å². The molecule has 0 bridgehead atoms. The molecule has 0 amide bonds. The van der Waals surface area contributed by atoms with Crippen molar-refractivity contribution in [2.75, 3.05) is 13.2 Å². The average Bonchev–Trinajstić information content (AvgIpc) is 2.61. The number of aromatic amines is 1. The lowest BCUT2D eigenvalue weighted by atomic mass is 10.3. The summed E-state index contributed by atoms with van der Waals surface area (Å²) < 4.78 is 21.8. The third kappa shape index (κ3) is 3.32. The summed E-state index contributed by atoms with van der Waals surface area (Å²) in [7, 11) is 0. The average molecular weight is 345 g/mol. The van der Waals surface area contributed by atoms with Crippen LogP contribution in [0.5, 0.6) is 0 Å². The molecule has 0 atom stereocenters. The first kappa shape index (κ1) is 14.4. The number of hydrogen-bond acceptors (Lipinski definition) is 2. The first-order valence-corrected chi connectivity index (χ1v) is 6.99. The van der Waals surface area contributed by atoms with E-state index in [0.717, 1.165) is 11.1 Å². The molecule has 1 aromatic heterocycles. The van der Waals surface area contributed by atoms with E-state index in [9.17, 15) is 4.39 Å². The molecule has 0 aliphatic carbocycles. The molecule has 0 aliphatic heterocycles. The fourth-order valence-electron chi connectivity index (χ4n) is 1.78. The van der Waals surface area contributed by atoms with Gasteiger partial charge >= 0.3 is 0 Å². The van der Waals surface area contributed by atoms with Crippen LogP contribution in [0.1, 0.15) is 6.92 Å². The SMILES string of the molecule is C=C(C)COCCn1c(=S)[nH]c2cc(F)c(Br)cc21. The molecular weight excluding hydrogens is 331 g/mol. The van der Waals surface area contributed by atoms with Crippen LogP contribution in [0.15, 0.2) is 28.8 Å². The van der Waals surface area contributed by atoms with E-state index < -0.39 is 0 Å². The van der Waals surface area contributed by atoms with Crippen molar-refractivity contribution in [3.63, 3.8) is 0 Å². The topological polar surface area (TPSA) is 29.9 Å². The molecule has 3 nitrogen and oxygen atoms in total. The highest BCUT2D eigenvalue weighted by Crippen LogP contribution is 2.23. The zero-order valence-electron chi connectivity index (χ0n) is 10.5. The van der Waals surface area contributed by atoms with Crippen molar-refractivity contribution < 1.29 is 9.13 Å². The summed E-state index contributed by atoms with van der Waals surface area (Å²) in [4.78, 5) is 2.99. The number of nitrogens with one attached hydrogen (secondary N) is 1. The second-order valence-electron chi connectivity index (χ2n) is 4.37. The molecule has 2 aromatic rings. The highest BCUT2D eigenvalue weighted by molar-refractivity contribution is 9.10. The molecule has 6 heteroatoms. The van der Waals surface area contributed by atoms with Crippen molar-refractivity contribution in [2.45, 2.75) is 13.5 Å². The molecule has 102 valence electrons. The van der Waals surface area contributed by atoms with Gasteiger partial charge in [-0.15, -0.1) is 0 Å². The van der Waals surface area contributed by atoms with E-state index in [0.29, 0.717) is 34.5 Å². The summed E-state index contributed by atoms with van der Waals surface area (Å²) in [5.41, 5.74) is 2.52. The number of rotatable bonds is 5. The summed E-state index contributed by atoms with van der Waals surface area (Å²) >= 11 is 8.42. The Hall–Kier alpha value is -0.980. The van der Waals surface area contributed by atoms with E-state index in [4.69, 9.17) is 17.0 Å². The van der Waals surface area contributed by atoms with Gasteiger partial charge in [-0.05, 0) is 41.1 Å². The molecule has 0 aliphatic rings. The Labute approximate surface area is 124 Å². The Balaban J connectivity index is 2.23. The lowest BCUT2D eigenvalue weighted by molar-refractivity contribution is 0.148. The molecule has 1 aromatic carbocycles. The molecule has 19 heavy (non-hydrogen) atoms. The highest BCUT2D eigenvalue weighted by atomic mass is 79.9. The molecule has 0 radical (unpaired) electrons. The summed E-state index contributed by atoms with van der Waals surface area (Å²) in [6.07, 6.45) is 0. The van der Waals surface area contributed by atoms with E-state index in [1.165, 1.54) is 6.07 Å². The number of nitrogens with zero attached hydrogens (tertiary/aromatic N) is 1. The minimum atomic E-state index is -0.311. The third-order valence-corrected chi connectivity index (χ3v) is 3.55. The largest absolute Gasteiger partial charge is 0.375 e. The van der Waals surface area contributed by atoms with Gasteiger partial charge < -0.3 is 14.3 Å². The minimum Gasteiger partial charge on any atom is -0.375 e. The van der Waals surface area contributed by atoms with Crippen LogP contribution in [0, 0.1) is 10.6 Å². The first-order valence-electron chi connectivity index (χ1n) is 5.78. The number of ether oxygens (including phenoxy) is 1. The molecule has 0 saturated carbocycles. The predicted octanol–water partition coefficient (Wildman–Crippen LogP) is 4.19. The van der Waals surface area contributed by atoms with Crippen molar-refractivity contribution in [2.24, 2.45) is 0 Å². The second-order valence-corrected chi connectivity index (χ2v) is 5.62. The molecule has 0 unspecified atom stereocenters. The number of H-pyrrole nitrogens is 1. The maximum absolute atomic E-state index is 13.4. The second kappa shape index (κ2) is 5.98. The van der Waals surface area contributed by atoms with Gasteiger partial charge in [-0.1, -0.05) is 12.2 Å². The normalized spacial score (nSPS) is 11.1. The van der Waals surface area contributed by atoms with Crippen LogP contribution in [-0.4, -0.2) is 22.8 Å². The van der Waals surface area contributed by atoms with Crippen molar-refractivity contribution >= 4 is 39.2 Å². The molecule has 2 rings (SSSR count). The first-order chi connectivity index (χ1) is 8.99. The van der Waals surface area contributed by atoms with Gasteiger partial charge in [-0.2, -0.15) is 0 Å². The Morgan fingerprint density at radius 2 is 2.32 bits per heavy atom. The van der Waals surface area contributed by atoms with E-state index in [1.54, 1.807) is 6.07 Å². The van der Waals surface area contributed by atoms with Crippen LogP contribution in [0.4, 0.5) is 4.39 Å². The Bertz CT molecular complexity index is 677. The highest BCUT2D eigenvalue weighted by Gasteiger charge is 2.08. The minimum absolute atomic E-state index is 0.311. The molecule has 1 N–H and O–H groups in total. The number of benzene rings is 1. The van der Waals surface area contributed by atoms with Gasteiger partial charge in [-0.3, -0.25) is 0 Å². The summed E-state index contributed by atoms with van der Waals surface area (Å²) in [5, 5.41) is 0. The molecule has 0 saturated heterocycles. The lowest BCUT2D eigenvalue weighted by Crippen LogP contribution is -2.07. The van der Waals surface area contributed by atoms with Gasteiger partial charge in [0.25, 0.3) is 0 Å². The summed E-state index contributed by atoms with van der Waals surface area (Å²) in [5.74, 6) is -0.311. The van der Waals surface area contributed by atoms with Crippen LogP contribution < -0.4 is 0 Å². The third-order valence-electron chi connectivity index (χ3n) is 2.62. The van der Waals surface area contributed by atoms with Crippen LogP contribution in [-0.2, 0) is 11.3 Å². The number of imidazole rings is 1. The molecule has 0 spiro atoms. The van der Waals surface area contributed by atoms with Crippen LogP contribution in [0.2, 0.25) is 0 Å². The molecular formula is C13H14BrFN2OS. The smallest absolute Gasteiger partial charge is 0.178 e. The van der Waals surface area contributed by atoms with E-state index in [-0.39, 0.29) is 5.82 Å². The maximum atomic E-state index is 13.4. The van der Waals surface area contributed by atoms with E-state index >= 15 is 0 Å². The van der Waals surface area contributed by atoms with E-state index in [1.807, 2.05) is 11.5 Å². The van der Waals surface area contributed by atoms with Gasteiger partial charge in [0.1, 0.15) is 5.82 Å². The zero-order valence-corrected chi connectivity index (χ0v) is 12.9. The zero-order chi connectivity index (χ0) is 14.0. The van der Waals surface area contributed by atoms with Crippen molar-refractivity contribution in [3.8, 4) is 0 Å². The standard InChI is InChI=1S/C13H14BrFN2OS/c1-8(2)7-18-4-3-17-12-5-9(14)10(15)6-11(12)16-13(17)19/h5-6H,1,3-4,7H2,2H3,(H,16,19). The van der Waals surface area contributed by atoms with Gasteiger partial charge in [0, 0.05) is 12.6 Å². The van der Waals surface area contributed by atoms with Gasteiger partial charge in [0.2, 0.25) is 0 Å². The van der Waals surface area contributed by atoms with Crippen molar-refractivity contribution in [3.05, 3.63) is 39.3 Å². The molecule has 0 fully saturated rings. The Morgan fingerprint density at radius 3 is 3.00 bits per heavy atom. The van der Waals surface area contributed by atoms with Crippen molar-refractivity contribution in [1.82, 2.24) is 9.55 Å². The maximum Gasteiger partial charge on any atom is 0.178 e. The summed E-state index contributed by atoms with van der Waals surface area (Å²) in [6, 6.07) is 3.15. The number of halogens is 2. The monoisotopic (exact) mass is 344 g/mol. The Morgan fingerprint density at radius 1 is 1.58 bits per heavy atom. The number of fused-ring (bicyclic) bond motifs is 1. The van der Waals surface area contributed by atoms with Crippen LogP contribution in [0.3, 0.4) is 0 Å². The molecule has 1 heterocycles. The quantitative estimate of drug-likeness (QED) is 0.500. The fraction of sp³-hybridized carbons (Fsp3) is 0.308. The Kier molecular flexibility index (Phi) is 4.54. The van der Waals surface area contributed by atoms with Gasteiger partial charge in [0.05, 0.1) is 28.7 Å². The van der Waals surface area contributed by atoms with Gasteiger partial charge in [0.15, 0.2) is 4.77 Å².